The first-order valence-corrected chi connectivity index (χ1v) is 3.54. The molecule has 0 fully saturated rings. The number of carbonyl (C=O) groups is 2. The molecule has 0 aromatic heterocycles. The van der Waals surface area contributed by atoms with Crippen molar-refractivity contribution >= 4 is 23.2 Å². The molecule has 3 amide bonds. The second-order valence-corrected chi connectivity index (χ2v) is 2.08. The third kappa shape index (κ3) is 13.8. The molecule has 0 heterocycles. The summed E-state index contributed by atoms with van der Waals surface area (Å²) < 4.78 is 0. The van der Waals surface area contributed by atoms with Crippen LogP contribution < -0.4 is 44.5 Å². The molecule has 12 N–H and O–H groups in total. The first-order chi connectivity index (χ1) is 6.12. The number of carbonyl (C=O) groups excluding carboxylic acids is 2. The van der Waals surface area contributed by atoms with Crippen molar-refractivity contribution in [3.05, 3.63) is 0 Å². The van der Waals surface area contributed by atoms with E-state index in [1.54, 1.807) is 10.9 Å². The monoisotopic (exact) mass is 212 g/mol. The summed E-state index contributed by atoms with van der Waals surface area (Å²) in [6, 6.07) is -0.602. The molecule has 10 nitrogen and oxygen atoms in total. The number of urea groups is 1. The van der Waals surface area contributed by atoms with Gasteiger partial charge in [0.25, 0.3) is 0 Å². The normalized spacial score (nSPS) is 7.69. The van der Waals surface area contributed by atoms with E-state index in [1.165, 1.54) is 0 Å². The molecule has 0 unspecified atom stereocenters. The lowest BCUT2D eigenvalue weighted by Crippen LogP contribution is -2.43. The van der Waals surface area contributed by atoms with Crippen LogP contribution in [0.4, 0.5) is 9.59 Å². The zero-order chi connectivity index (χ0) is 10.7. The third-order valence-electron chi connectivity index (χ3n) is 0.532. The van der Waals surface area contributed by atoms with Gasteiger partial charge in [-0.3, -0.25) is 26.9 Å². The summed E-state index contributed by atoms with van der Waals surface area (Å²) in [6.07, 6.45) is 0. The van der Waals surface area contributed by atoms with Gasteiger partial charge in [-0.2, -0.15) is 4.83 Å². The van der Waals surface area contributed by atoms with Crippen LogP contribution >= 0.6 is 11.9 Å². The summed E-state index contributed by atoms with van der Waals surface area (Å²) >= 11 is 0.684. The number of nitrogens with one attached hydrogen (secondary N) is 4. The van der Waals surface area contributed by atoms with Gasteiger partial charge in [-0.25, -0.2) is 22.3 Å². The van der Waals surface area contributed by atoms with Crippen LogP contribution in [0.25, 0.3) is 0 Å². The van der Waals surface area contributed by atoms with Gasteiger partial charge in [0.05, 0.1) is 0 Å². The lowest BCUT2D eigenvalue weighted by atomic mass is 11.1. The fraction of sp³-hybridized carbons (Fsp3) is 0. The van der Waals surface area contributed by atoms with Crippen molar-refractivity contribution in [2.75, 3.05) is 0 Å². The maximum Gasteiger partial charge on any atom is 0.343 e. The van der Waals surface area contributed by atoms with Crippen molar-refractivity contribution in [3.63, 3.8) is 0 Å². The number of rotatable bonds is 1. The number of amides is 3. The quantitative estimate of drug-likeness (QED) is 0.0960. The minimum atomic E-state index is -0.602. The largest absolute Gasteiger partial charge is 0.343 e. The summed E-state index contributed by atoms with van der Waals surface area (Å²) in [5.74, 6) is 18.4. The smallest absolute Gasteiger partial charge is 0.284 e. The van der Waals surface area contributed by atoms with Gasteiger partial charge in [-0.05, 0) is 0 Å². The highest BCUT2D eigenvalue weighted by Gasteiger charge is 1.91. The highest BCUT2D eigenvalue weighted by atomic mass is 32.2. The predicted molar refractivity (Wildman–Crippen MR) is 47.7 cm³/mol. The van der Waals surface area contributed by atoms with Gasteiger partial charge in [0.2, 0.25) is 0 Å². The maximum absolute atomic E-state index is 10.00. The molecule has 0 aromatic carbocycles. The summed E-state index contributed by atoms with van der Waals surface area (Å²) in [4.78, 5) is 21.7. The lowest BCUT2D eigenvalue weighted by molar-refractivity contribution is 0.241. The summed E-state index contributed by atoms with van der Waals surface area (Å²) in [6.45, 7) is 0. The fourth-order valence-corrected chi connectivity index (χ4v) is 0.291. The van der Waals surface area contributed by atoms with Crippen LogP contribution in [0.1, 0.15) is 0 Å². The molecule has 0 aliphatic rings. The molecule has 0 atom stereocenters. The van der Waals surface area contributed by atoms with Crippen LogP contribution in [-0.4, -0.2) is 11.3 Å². The van der Waals surface area contributed by atoms with E-state index >= 15 is 0 Å². The molecule has 0 spiro atoms. The third-order valence-corrected chi connectivity index (χ3v) is 0.953. The number of nitrogens with two attached hydrogens (primary N) is 4. The van der Waals surface area contributed by atoms with Crippen molar-refractivity contribution in [1.82, 2.24) is 21.1 Å². The van der Waals surface area contributed by atoms with E-state index in [-0.39, 0.29) is 0 Å². The number of hydrogen-bond donors (Lipinski definition) is 8. The van der Waals surface area contributed by atoms with Crippen molar-refractivity contribution in [1.29, 1.82) is 0 Å². The second kappa shape index (κ2) is 10.9. The topological polar surface area (TPSA) is 186 Å². The van der Waals surface area contributed by atoms with Crippen molar-refractivity contribution in [2.24, 2.45) is 23.4 Å². The van der Waals surface area contributed by atoms with Gasteiger partial charge in [0, 0.05) is 11.9 Å². The number of hydrogen-bond acceptors (Lipinski definition) is 8. The second-order valence-electron chi connectivity index (χ2n) is 1.27. The Bertz CT molecular complexity index is 145. The Balaban J connectivity index is 0. The lowest BCUT2D eigenvalue weighted by Gasteiger charge is -1.91. The van der Waals surface area contributed by atoms with E-state index in [0.29, 0.717) is 11.9 Å². The molecule has 11 heteroatoms. The van der Waals surface area contributed by atoms with Gasteiger partial charge >= 0.3 is 11.3 Å². The SMILES string of the molecule is NNC(=O)NN.NNSC(=O)NN. The molecule has 0 aromatic rings. The van der Waals surface area contributed by atoms with Crippen molar-refractivity contribution in [2.45, 2.75) is 0 Å². The number of hydrazine groups is 4. The molecule has 0 saturated carbocycles. The molecule has 0 bridgehead atoms. The zero-order valence-corrected chi connectivity index (χ0v) is 7.35. The van der Waals surface area contributed by atoms with Crippen LogP contribution in [0.2, 0.25) is 0 Å². The highest BCUT2D eigenvalue weighted by Crippen LogP contribution is 1.86. The maximum atomic E-state index is 10.00. The van der Waals surface area contributed by atoms with Crippen LogP contribution in [0, 0.1) is 0 Å². The Hall–Kier alpha value is -1.11. The van der Waals surface area contributed by atoms with Gasteiger partial charge in [-0.1, -0.05) is 0 Å². The Morgan fingerprint density at radius 3 is 1.46 bits per heavy atom. The highest BCUT2D eigenvalue weighted by molar-refractivity contribution is 8.11. The van der Waals surface area contributed by atoms with Gasteiger partial charge in [0.1, 0.15) is 0 Å². The molecule has 0 radical (unpaired) electrons. The summed E-state index contributed by atoms with van der Waals surface area (Å²) in [5, 5.41) is -0.414. The summed E-state index contributed by atoms with van der Waals surface area (Å²) in [5.41, 5.74) is 5.33. The van der Waals surface area contributed by atoms with E-state index in [2.05, 4.69) is 17.5 Å². The first kappa shape index (κ1) is 14.4. The molecule has 13 heavy (non-hydrogen) atoms. The molecule has 0 aliphatic heterocycles. The molecule has 0 rings (SSSR count). The van der Waals surface area contributed by atoms with Gasteiger partial charge in [-0.15, -0.1) is 0 Å². The first-order valence-electron chi connectivity index (χ1n) is 2.72. The molecular formula is C2H12N8O2S. The average molecular weight is 212 g/mol. The van der Waals surface area contributed by atoms with E-state index < -0.39 is 11.3 Å². The predicted octanol–water partition coefficient (Wildman–Crippen LogP) is -3.29. The van der Waals surface area contributed by atoms with Crippen LogP contribution in [-0.2, 0) is 0 Å². The molecule has 0 saturated heterocycles. The van der Waals surface area contributed by atoms with Gasteiger partial charge < -0.3 is 0 Å². The Morgan fingerprint density at radius 1 is 0.923 bits per heavy atom. The minimum absolute atomic E-state index is 0.414. The van der Waals surface area contributed by atoms with Crippen LogP contribution in [0.15, 0.2) is 0 Å². The van der Waals surface area contributed by atoms with Crippen LogP contribution in [0.3, 0.4) is 0 Å². The van der Waals surface area contributed by atoms with Crippen molar-refractivity contribution in [3.8, 4) is 0 Å². The average Bonchev–Trinajstić information content (AvgIpc) is 2.18. The van der Waals surface area contributed by atoms with E-state index in [0.717, 1.165) is 0 Å². The van der Waals surface area contributed by atoms with E-state index in [1.807, 2.05) is 10.3 Å². The molecule has 0 aliphatic carbocycles. The molecule has 78 valence electrons. The van der Waals surface area contributed by atoms with Gasteiger partial charge in [0.15, 0.2) is 0 Å². The van der Waals surface area contributed by atoms with E-state index in [4.69, 9.17) is 5.84 Å². The van der Waals surface area contributed by atoms with Crippen molar-refractivity contribution < 1.29 is 9.59 Å². The van der Waals surface area contributed by atoms with Crippen LogP contribution in [0.5, 0.6) is 0 Å². The Kier molecular flexibility index (Phi) is 12.1. The zero-order valence-electron chi connectivity index (χ0n) is 6.53. The Labute approximate surface area is 78.1 Å². The summed E-state index contributed by atoms with van der Waals surface area (Å²) in [7, 11) is 0. The van der Waals surface area contributed by atoms with E-state index in [9.17, 15) is 9.59 Å². The minimum Gasteiger partial charge on any atom is -0.284 e. The Morgan fingerprint density at radius 2 is 1.38 bits per heavy atom. The molecular weight excluding hydrogens is 200 g/mol. The standard InChI is InChI=1S/CH6N4OS.CH6N4O/c2-4-1(6)7-5-3;2-4-1(6)5-3/h5H,2-3H2,(H,4,6);2-3H2,(H2,4,5,6). The fourth-order valence-electron chi connectivity index (χ4n) is 0.125.